The number of aliphatic carboxylic acids is 1. The molecule has 0 bridgehead atoms. The van der Waals surface area contributed by atoms with Gasteiger partial charge in [0.15, 0.2) is 0 Å². The molecule has 0 aliphatic heterocycles. The van der Waals surface area contributed by atoms with E-state index in [2.05, 4.69) is 4.74 Å². The fourth-order valence-corrected chi connectivity index (χ4v) is 3.27. The smallest absolute Gasteiger partial charge is 0.493 e. The Hall–Kier alpha value is -3.68. The molecule has 3 aromatic carbocycles. The molecule has 1 N–H and O–H groups in total. The van der Waals surface area contributed by atoms with Crippen LogP contribution in [0.3, 0.4) is 0 Å². The van der Waals surface area contributed by atoms with Gasteiger partial charge in [0.2, 0.25) is 0 Å². The highest BCUT2D eigenvalue weighted by molar-refractivity contribution is 5.71. The third-order valence-electron chi connectivity index (χ3n) is 4.97. The number of halogens is 3. The maximum Gasteiger partial charge on any atom is 0.573 e. The predicted molar refractivity (Wildman–Crippen MR) is 115 cm³/mol. The molecule has 1 fully saturated rings. The van der Waals surface area contributed by atoms with Crippen LogP contribution < -0.4 is 14.2 Å². The number of carboxylic acid groups (broad SMARTS) is 1. The molecule has 4 rings (SSSR count). The first-order valence-corrected chi connectivity index (χ1v) is 10.4. The summed E-state index contributed by atoms with van der Waals surface area (Å²) < 4.78 is 52.8. The summed E-state index contributed by atoms with van der Waals surface area (Å²) in [7, 11) is 0. The molecule has 0 radical (unpaired) electrons. The van der Waals surface area contributed by atoms with Gasteiger partial charge in [-0.15, -0.1) is 13.2 Å². The maximum atomic E-state index is 12.4. The number of carbonyl (C=O) groups is 1. The molecule has 0 saturated heterocycles. The van der Waals surface area contributed by atoms with Crippen LogP contribution in [0.2, 0.25) is 0 Å². The van der Waals surface area contributed by atoms with Gasteiger partial charge in [0.25, 0.3) is 0 Å². The van der Waals surface area contributed by atoms with Gasteiger partial charge in [0.05, 0.1) is 13.0 Å². The second kappa shape index (κ2) is 9.44. The Morgan fingerprint density at radius 2 is 1.61 bits per heavy atom. The standard InChI is InChI=1S/C25H21F3O5/c26-25(27,28)33-20-8-6-18(7-9-20)19-2-1-3-21(13-19)32-23-11-17(12-24(29)30)10-22(14-23)31-15-16-4-5-16/h1-3,6-11,13-14,16H,4-5,12,15H2,(H,29,30). The Morgan fingerprint density at radius 3 is 2.27 bits per heavy atom. The van der Waals surface area contributed by atoms with Gasteiger partial charge in [-0.05, 0) is 71.8 Å². The quantitative estimate of drug-likeness (QED) is 0.399. The summed E-state index contributed by atoms with van der Waals surface area (Å²) >= 11 is 0. The Labute approximate surface area is 188 Å². The zero-order valence-corrected chi connectivity index (χ0v) is 17.5. The van der Waals surface area contributed by atoms with Crippen molar-refractivity contribution in [3.05, 3.63) is 72.3 Å². The highest BCUT2D eigenvalue weighted by atomic mass is 19.4. The molecule has 1 aliphatic carbocycles. The fraction of sp³-hybridized carbons (Fsp3) is 0.240. The van der Waals surface area contributed by atoms with E-state index in [0.29, 0.717) is 40.9 Å². The second-order valence-electron chi connectivity index (χ2n) is 7.84. The number of alkyl halides is 3. The molecule has 1 aliphatic rings. The van der Waals surface area contributed by atoms with E-state index in [1.165, 1.54) is 24.3 Å². The lowest BCUT2D eigenvalue weighted by atomic mass is 10.1. The minimum atomic E-state index is -4.74. The summed E-state index contributed by atoms with van der Waals surface area (Å²) in [4.78, 5) is 11.2. The number of hydrogen-bond donors (Lipinski definition) is 1. The van der Waals surface area contributed by atoms with Gasteiger partial charge in [-0.3, -0.25) is 4.79 Å². The summed E-state index contributed by atoms with van der Waals surface area (Å²) in [5, 5.41) is 9.16. The summed E-state index contributed by atoms with van der Waals surface area (Å²) in [6.45, 7) is 0.583. The molecule has 3 aromatic rings. The summed E-state index contributed by atoms with van der Waals surface area (Å²) in [5.74, 6) is 0.761. The van der Waals surface area contributed by atoms with Gasteiger partial charge in [-0.25, -0.2) is 0 Å². The van der Waals surface area contributed by atoms with E-state index in [1.807, 2.05) is 0 Å². The van der Waals surface area contributed by atoms with Crippen molar-refractivity contribution in [2.24, 2.45) is 5.92 Å². The Kier molecular flexibility index (Phi) is 6.44. The van der Waals surface area contributed by atoms with Crippen molar-refractivity contribution < 1.29 is 37.3 Å². The second-order valence-corrected chi connectivity index (χ2v) is 7.84. The lowest BCUT2D eigenvalue weighted by molar-refractivity contribution is -0.274. The van der Waals surface area contributed by atoms with Crippen LogP contribution in [0.5, 0.6) is 23.0 Å². The van der Waals surface area contributed by atoms with Crippen molar-refractivity contribution in [2.45, 2.75) is 25.6 Å². The van der Waals surface area contributed by atoms with Crippen LogP contribution in [0.15, 0.2) is 66.7 Å². The van der Waals surface area contributed by atoms with Crippen LogP contribution in [0.25, 0.3) is 11.1 Å². The number of hydrogen-bond acceptors (Lipinski definition) is 4. The van der Waals surface area contributed by atoms with E-state index < -0.39 is 12.3 Å². The molecule has 0 amide bonds. The molecule has 1 saturated carbocycles. The van der Waals surface area contributed by atoms with Crippen molar-refractivity contribution in [1.29, 1.82) is 0 Å². The molecule has 33 heavy (non-hydrogen) atoms. The molecule has 8 heteroatoms. The summed E-state index contributed by atoms with van der Waals surface area (Å²) in [6.07, 6.45) is -2.64. The predicted octanol–water partition coefficient (Wildman–Crippen LogP) is 6.46. The van der Waals surface area contributed by atoms with Crippen molar-refractivity contribution in [2.75, 3.05) is 6.61 Å². The van der Waals surface area contributed by atoms with Crippen LogP contribution in [-0.2, 0) is 11.2 Å². The molecule has 0 atom stereocenters. The fourth-order valence-electron chi connectivity index (χ4n) is 3.27. The highest BCUT2D eigenvalue weighted by Crippen LogP contribution is 2.33. The molecule has 0 unspecified atom stereocenters. The van der Waals surface area contributed by atoms with Crippen LogP contribution in [0.1, 0.15) is 18.4 Å². The molecule has 0 heterocycles. The van der Waals surface area contributed by atoms with Crippen LogP contribution in [0, 0.1) is 5.92 Å². The first kappa shape index (κ1) is 22.5. The topological polar surface area (TPSA) is 65.0 Å². The lowest BCUT2D eigenvalue weighted by Gasteiger charge is -2.13. The number of rotatable bonds is 9. The number of benzene rings is 3. The minimum Gasteiger partial charge on any atom is -0.493 e. The first-order chi connectivity index (χ1) is 15.7. The number of carboxylic acids is 1. The summed E-state index contributed by atoms with van der Waals surface area (Å²) in [6, 6.07) is 17.6. The van der Waals surface area contributed by atoms with Gasteiger partial charge in [0, 0.05) is 6.07 Å². The highest BCUT2D eigenvalue weighted by Gasteiger charge is 2.31. The SMILES string of the molecule is O=C(O)Cc1cc(OCC2CC2)cc(Oc2cccc(-c3ccc(OC(F)(F)F)cc3)c2)c1. The molecule has 5 nitrogen and oxygen atoms in total. The van der Waals surface area contributed by atoms with Gasteiger partial charge in [0.1, 0.15) is 23.0 Å². The third-order valence-corrected chi connectivity index (χ3v) is 4.97. The van der Waals surface area contributed by atoms with Crippen LogP contribution >= 0.6 is 0 Å². The maximum absolute atomic E-state index is 12.4. The average Bonchev–Trinajstić information content (AvgIpc) is 3.56. The van der Waals surface area contributed by atoms with Gasteiger partial charge in [-0.2, -0.15) is 0 Å². The minimum absolute atomic E-state index is 0.163. The van der Waals surface area contributed by atoms with Crippen LogP contribution in [0.4, 0.5) is 13.2 Å². The zero-order chi connectivity index (χ0) is 23.4. The average molecular weight is 458 g/mol. The normalized spacial score (nSPS) is 13.4. The molecular formula is C25H21F3O5. The van der Waals surface area contributed by atoms with Crippen LogP contribution in [-0.4, -0.2) is 24.0 Å². The van der Waals surface area contributed by atoms with Crippen molar-refractivity contribution >= 4 is 5.97 Å². The largest absolute Gasteiger partial charge is 0.573 e. The van der Waals surface area contributed by atoms with Crippen molar-refractivity contribution in [1.82, 2.24) is 0 Å². The van der Waals surface area contributed by atoms with E-state index in [0.717, 1.165) is 18.4 Å². The molecule has 0 aromatic heterocycles. The summed E-state index contributed by atoms with van der Waals surface area (Å²) in [5.41, 5.74) is 1.98. The zero-order valence-electron chi connectivity index (χ0n) is 17.5. The molecular weight excluding hydrogens is 437 g/mol. The monoisotopic (exact) mass is 458 g/mol. The molecule has 172 valence electrons. The van der Waals surface area contributed by atoms with E-state index in [1.54, 1.807) is 42.5 Å². The number of ether oxygens (including phenoxy) is 3. The van der Waals surface area contributed by atoms with E-state index >= 15 is 0 Å². The van der Waals surface area contributed by atoms with E-state index in [-0.39, 0.29) is 12.2 Å². The lowest BCUT2D eigenvalue weighted by Crippen LogP contribution is -2.16. The Morgan fingerprint density at radius 1 is 0.879 bits per heavy atom. The van der Waals surface area contributed by atoms with Gasteiger partial charge < -0.3 is 19.3 Å². The van der Waals surface area contributed by atoms with Crippen molar-refractivity contribution in [3.63, 3.8) is 0 Å². The third kappa shape index (κ3) is 6.90. The Bertz CT molecular complexity index is 1120. The van der Waals surface area contributed by atoms with Crippen molar-refractivity contribution in [3.8, 4) is 34.1 Å². The van der Waals surface area contributed by atoms with Gasteiger partial charge >= 0.3 is 12.3 Å². The van der Waals surface area contributed by atoms with E-state index in [9.17, 15) is 18.0 Å². The van der Waals surface area contributed by atoms with Gasteiger partial charge in [-0.1, -0.05) is 24.3 Å². The van der Waals surface area contributed by atoms with E-state index in [4.69, 9.17) is 14.6 Å². The Balaban J connectivity index is 1.52. The first-order valence-electron chi connectivity index (χ1n) is 10.4. The molecule has 0 spiro atoms.